The summed E-state index contributed by atoms with van der Waals surface area (Å²) in [5.74, 6) is -0.560. The first-order valence-electron chi connectivity index (χ1n) is 7.05. The van der Waals surface area contributed by atoms with Gasteiger partial charge in [0, 0.05) is 0 Å². The summed E-state index contributed by atoms with van der Waals surface area (Å²) in [7, 11) is 0. The van der Waals surface area contributed by atoms with Crippen LogP contribution in [0.2, 0.25) is 0 Å². The second-order valence-corrected chi connectivity index (χ2v) is 5.84. The van der Waals surface area contributed by atoms with E-state index in [-0.39, 0.29) is 6.61 Å². The SMILES string of the molecule is CCCCOC(=O)[C@H]1OC[C@@H]1N(C=O)C(=O)OC(C)(C)C. The number of rotatable bonds is 6. The lowest BCUT2D eigenvalue weighted by molar-refractivity contribution is -0.185. The van der Waals surface area contributed by atoms with Crippen molar-refractivity contribution in [3.63, 3.8) is 0 Å². The minimum Gasteiger partial charge on any atom is -0.464 e. The number of esters is 1. The average molecular weight is 301 g/mol. The Bertz CT molecular complexity index is 389. The van der Waals surface area contributed by atoms with Gasteiger partial charge in [-0.25, -0.2) is 14.5 Å². The van der Waals surface area contributed by atoms with E-state index in [2.05, 4.69) is 0 Å². The van der Waals surface area contributed by atoms with Gasteiger partial charge in [-0.2, -0.15) is 0 Å². The van der Waals surface area contributed by atoms with Crippen LogP contribution in [0, 0.1) is 0 Å². The first kappa shape index (κ1) is 17.4. The van der Waals surface area contributed by atoms with Gasteiger partial charge in [0.05, 0.1) is 13.2 Å². The molecule has 1 aliphatic rings. The van der Waals surface area contributed by atoms with Gasteiger partial charge in [-0.15, -0.1) is 0 Å². The zero-order valence-corrected chi connectivity index (χ0v) is 13.0. The second kappa shape index (κ2) is 7.40. The number of imide groups is 1. The number of ether oxygens (including phenoxy) is 3. The van der Waals surface area contributed by atoms with Crippen molar-refractivity contribution in [2.75, 3.05) is 13.2 Å². The van der Waals surface area contributed by atoms with Gasteiger partial charge >= 0.3 is 12.1 Å². The molecule has 120 valence electrons. The summed E-state index contributed by atoms with van der Waals surface area (Å²) < 4.78 is 15.3. The summed E-state index contributed by atoms with van der Waals surface area (Å²) >= 11 is 0. The lowest BCUT2D eigenvalue weighted by Gasteiger charge is -2.39. The Kier molecular flexibility index (Phi) is 6.14. The van der Waals surface area contributed by atoms with E-state index < -0.39 is 29.8 Å². The summed E-state index contributed by atoms with van der Waals surface area (Å²) in [6.45, 7) is 7.47. The van der Waals surface area contributed by atoms with Crippen molar-refractivity contribution in [2.24, 2.45) is 0 Å². The molecular weight excluding hydrogens is 278 g/mol. The Morgan fingerprint density at radius 1 is 1.38 bits per heavy atom. The zero-order chi connectivity index (χ0) is 16.0. The van der Waals surface area contributed by atoms with Gasteiger partial charge in [0.2, 0.25) is 6.41 Å². The minimum atomic E-state index is -0.931. The maximum atomic E-state index is 11.9. The van der Waals surface area contributed by atoms with Crippen LogP contribution in [0.4, 0.5) is 4.79 Å². The van der Waals surface area contributed by atoms with Gasteiger partial charge in [-0.05, 0) is 27.2 Å². The molecule has 0 N–H and O–H groups in total. The number of carbonyl (C=O) groups is 3. The van der Waals surface area contributed by atoms with Crippen LogP contribution in [0.3, 0.4) is 0 Å². The monoisotopic (exact) mass is 301 g/mol. The van der Waals surface area contributed by atoms with E-state index >= 15 is 0 Å². The molecule has 2 atom stereocenters. The molecule has 21 heavy (non-hydrogen) atoms. The summed E-state index contributed by atoms with van der Waals surface area (Å²) in [5, 5.41) is 0. The van der Waals surface area contributed by atoms with E-state index in [9.17, 15) is 14.4 Å². The van der Waals surface area contributed by atoms with Gasteiger partial charge in [0.15, 0.2) is 6.10 Å². The molecule has 2 amide bonds. The minimum absolute atomic E-state index is 0.103. The highest BCUT2D eigenvalue weighted by Gasteiger charge is 2.46. The molecular formula is C14H23NO6. The van der Waals surface area contributed by atoms with Crippen molar-refractivity contribution < 1.29 is 28.6 Å². The second-order valence-electron chi connectivity index (χ2n) is 5.84. The van der Waals surface area contributed by atoms with Crippen molar-refractivity contribution in [3.05, 3.63) is 0 Å². The van der Waals surface area contributed by atoms with Gasteiger partial charge in [0.25, 0.3) is 0 Å². The molecule has 0 spiro atoms. The van der Waals surface area contributed by atoms with Crippen molar-refractivity contribution in [1.82, 2.24) is 4.90 Å². The molecule has 1 rings (SSSR count). The van der Waals surface area contributed by atoms with Crippen LogP contribution >= 0.6 is 0 Å². The molecule has 0 unspecified atom stereocenters. The third-order valence-electron chi connectivity index (χ3n) is 2.85. The quantitative estimate of drug-likeness (QED) is 0.420. The molecule has 1 saturated heterocycles. The van der Waals surface area contributed by atoms with Crippen LogP contribution < -0.4 is 0 Å². The fourth-order valence-corrected chi connectivity index (χ4v) is 1.70. The van der Waals surface area contributed by atoms with Gasteiger partial charge in [0.1, 0.15) is 11.6 Å². The highest BCUT2D eigenvalue weighted by Crippen LogP contribution is 2.22. The fourth-order valence-electron chi connectivity index (χ4n) is 1.70. The van der Waals surface area contributed by atoms with Crippen LogP contribution in [-0.4, -0.2) is 54.3 Å². The Labute approximate surface area is 124 Å². The predicted molar refractivity (Wildman–Crippen MR) is 73.5 cm³/mol. The number of carbonyl (C=O) groups excluding carboxylic acids is 3. The predicted octanol–water partition coefficient (Wildman–Crippen LogP) is 1.49. The molecule has 7 heteroatoms. The van der Waals surface area contributed by atoms with E-state index in [1.54, 1.807) is 20.8 Å². The highest BCUT2D eigenvalue weighted by atomic mass is 16.6. The molecule has 0 bridgehead atoms. The largest absolute Gasteiger partial charge is 0.464 e. The number of nitrogens with zero attached hydrogens (tertiary/aromatic N) is 1. The number of unbranched alkanes of at least 4 members (excludes halogenated alkanes) is 1. The van der Waals surface area contributed by atoms with Crippen LogP contribution in [0.5, 0.6) is 0 Å². The Balaban J connectivity index is 2.59. The fraction of sp³-hybridized carbons (Fsp3) is 0.786. The van der Waals surface area contributed by atoms with Crippen LogP contribution in [0.1, 0.15) is 40.5 Å². The molecule has 0 aromatic carbocycles. The molecule has 0 radical (unpaired) electrons. The van der Waals surface area contributed by atoms with Gasteiger partial charge < -0.3 is 14.2 Å². The summed E-state index contributed by atoms with van der Waals surface area (Å²) in [6.07, 6.45) is 0.289. The lowest BCUT2D eigenvalue weighted by Crippen LogP contribution is -2.61. The molecule has 1 fully saturated rings. The van der Waals surface area contributed by atoms with Crippen LogP contribution in [-0.2, 0) is 23.8 Å². The van der Waals surface area contributed by atoms with Gasteiger partial charge in [-0.3, -0.25) is 4.79 Å². The Morgan fingerprint density at radius 3 is 2.48 bits per heavy atom. The first-order valence-corrected chi connectivity index (χ1v) is 7.05. The van der Waals surface area contributed by atoms with Crippen molar-refractivity contribution in [2.45, 2.75) is 58.3 Å². The molecule has 0 aromatic heterocycles. The van der Waals surface area contributed by atoms with E-state index in [0.29, 0.717) is 13.0 Å². The Morgan fingerprint density at radius 2 is 2.05 bits per heavy atom. The third-order valence-corrected chi connectivity index (χ3v) is 2.85. The summed E-state index contributed by atoms with van der Waals surface area (Å²) in [6, 6.07) is -0.675. The third kappa shape index (κ3) is 5.00. The van der Waals surface area contributed by atoms with Crippen molar-refractivity contribution >= 4 is 18.5 Å². The zero-order valence-electron chi connectivity index (χ0n) is 13.0. The van der Waals surface area contributed by atoms with Gasteiger partial charge in [-0.1, -0.05) is 13.3 Å². The number of amides is 2. The molecule has 1 heterocycles. The van der Waals surface area contributed by atoms with Crippen LogP contribution in [0.25, 0.3) is 0 Å². The Hall–Kier alpha value is -1.63. The van der Waals surface area contributed by atoms with E-state index in [1.807, 2.05) is 6.92 Å². The van der Waals surface area contributed by atoms with Crippen LogP contribution in [0.15, 0.2) is 0 Å². The van der Waals surface area contributed by atoms with E-state index in [4.69, 9.17) is 14.2 Å². The number of hydrogen-bond acceptors (Lipinski definition) is 6. The van der Waals surface area contributed by atoms with Crippen molar-refractivity contribution in [3.8, 4) is 0 Å². The normalized spacial score (nSPS) is 21.1. The van der Waals surface area contributed by atoms with E-state index in [0.717, 1.165) is 17.7 Å². The maximum Gasteiger partial charge on any atom is 0.417 e. The first-order chi connectivity index (χ1) is 9.80. The molecule has 1 aliphatic heterocycles. The standard InChI is InChI=1S/C14H23NO6/c1-5-6-7-19-12(17)11-10(8-20-11)15(9-16)13(18)21-14(2,3)4/h9-11H,5-8H2,1-4H3/t10-,11-/m0/s1. The van der Waals surface area contributed by atoms with Crippen molar-refractivity contribution in [1.29, 1.82) is 0 Å². The highest BCUT2D eigenvalue weighted by molar-refractivity contribution is 5.84. The average Bonchev–Trinajstić information content (AvgIpc) is 2.32. The molecule has 7 nitrogen and oxygen atoms in total. The maximum absolute atomic E-state index is 11.9. The molecule has 0 saturated carbocycles. The smallest absolute Gasteiger partial charge is 0.417 e. The molecule has 0 aromatic rings. The summed E-state index contributed by atoms with van der Waals surface area (Å²) in [4.78, 5) is 35.7. The number of hydrogen-bond donors (Lipinski definition) is 0. The topological polar surface area (TPSA) is 82.1 Å². The lowest BCUT2D eigenvalue weighted by atomic mass is 10.1. The summed E-state index contributed by atoms with van der Waals surface area (Å²) in [5.41, 5.74) is -0.722. The van der Waals surface area contributed by atoms with E-state index in [1.165, 1.54) is 0 Å². The molecule has 0 aliphatic carbocycles.